The molecule has 1 rings (SSSR count). The zero-order chi connectivity index (χ0) is 12.3. The van der Waals surface area contributed by atoms with Gasteiger partial charge in [-0.15, -0.1) is 0 Å². The average Bonchev–Trinajstić information content (AvgIpc) is 2.16. The monoisotopic (exact) mass is 225 g/mol. The molecule has 88 valence electrons. The van der Waals surface area contributed by atoms with Crippen molar-refractivity contribution in [3.05, 3.63) is 35.1 Å². The zero-order valence-corrected chi connectivity index (χ0v) is 9.70. The fraction of sp³-hybridized carbons (Fsp3) is 0.417. The number of carbonyl (C=O) groups excluding carboxylic acids is 1. The van der Waals surface area contributed by atoms with E-state index in [1.165, 1.54) is 23.1 Å². The summed E-state index contributed by atoms with van der Waals surface area (Å²) in [6.45, 7) is 1.59. The SMILES string of the molecule is CC(O)c1ccc(F)cc1CC(=O)N(C)C. The lowest BCUT2D eigenvalue weighted by Gasteiger charge is -2.14. The smallest absolute Gasteiger partial charge is 0.226 e. The maximum absolute atomic E-state index is 13.1. The molecule has 0 aliphatic rings. The van der Waals surface area contributed by atoms with Crippen LogP contribution in [0.1, 0.15) is 24.2 Å². The standard InChI is InChI=1S/C12H16FNO2/c1-8(15)11-5-4-10(13)6-9(11)7-12(16)14(2)3/h4-6,8,15H,7H2,1-3H3. The molecule has 4 heteroatoms. The molecule has 0 saturated carbocycles. The fourth-order valence-corrected chi connectivity index (χ4v) is 1.46. The molecule has 16 heavy (non-hydrogen) atoms. The first-order chi connectivity index (χ1) is 7.41. The number of nitrogens with zero attached hydrogens (tertiary/aromatic N) is 1. The summed E-state index contributed by atoms with van der Waals surface area (Å²) in [6, 6.07) is 4.09. The van der Waals surface area contributed by atoms with Crippen molar-refractivity contribution in [3.8, 4) is 0 Å². The largest absolute Gasteiger partial charge is 0.389 e. The molecule has 3 nitrogen and oxygen atoms in total. The van der Waals surface area contributed by atoms with E-state index < -0.39 is 11.9 Å². The molecule has 0 radical (unpaired) electrons. The van der Waals surface area contributed by atoms with Crippen LogP contribution in [-0.2, 0) is 11.2 Å². The maximum atomic E-state index is 13.1. The van der Waals surface area contributed by atoms with Gasteiger partial charge in [-0.05, 0) is 30.2 Å². The van der Waals surface area contributed by atoms with Gasteiger partial charge >= 0.3 is 0 Å². The highest BCUT2D eigenvalue weighted by molar-refractivity contribution is 5.78. The predicted octanol–water partition coefficient (Wildman–Crippen LogP) is 1.51. The van der Waals surface area contributed by atoms with Gasteiger partial charge in [-0.1, -0.05) is 6.07 Å². The van der Waals surface area contributed by atoms with Crippen molar-refractivity contribution < 1.29 is 14.3 Å². The van der Waals surface area contributed by atoms with E-state index in [-0.39, 0.29) is 12.3 Å². The summed E-state index contributed by atoms with van der Waals surface area (Å²) in [7, 11) is 3.29. The van der Waals surface area contributed by atoms with Crippen LogP contribution in [0.2, 0.25) is 0 Å². The van der Waals surface area contributed by atoms with Crippen molar-refractivity contribution in [2.24, 2.45) is 0 Å². The van der Waals surface area contributed by atoms with Crippen LogP contribution in [-0.4, -0.2) is 30.0 Å². The normalized spacial score (nSPS) is 12.3. The van der Waals surface area contributed by atoms with Gasteiger partial charge in [-0.25, -0.2) is 4.39 Å². The predicted molar refractivity (Wildman–Crippen MR) is 59.4 cm³/mol. The van der Waals surface area contributed by atoms with E-state index in [0.717, 1.165) is 0 Å². The number of rotatable bonds is 3. The molecule has 0 heterocycles. The molecule has 1 amide bonds. The van der Waals surface area contributed by atoms with Gasteiger partial charge in [0.05, 0.1) is 12.5 Å². The first kappa shape index (κ1) is 12.6. The van der Waals surface area contributed by atoms with Crippen molar-refractivity contribution in [1.82, 2.24) is 4.90 Å². The molecule has 0 fully saturated rings. The molecule has 0 spiro atoms. The third-order valence-corrected chi connectivity index (χ3v) is 2.40. The Morgan fingerprint density at radius 2 is 2.12 bits per heavy atom. The summed E-state index contributed by atoms with van der Waals surface area (Å²) in [4.78, 5) is 13.0. The molecule has 1 unspecified atom stereocenters. The summed E-state index contributed by atoms with van der Waals surface area (Å²) >= 11 is 0. The number of hydrogen-bond donors (Lipinski definition) is 1. The zero-order valence-electron chi connectivity index (χ0n) is 9.70. The number of halogens is 1. The highest BCUT2D eigenvalue weighted by atomic mass is 19.1. The molecule has 1 atom stereocenters. The van der Waals surface area contributed by atoms with Gasteiger partial charge in [-0.3, -0.25) is 4.79 Å². The number of benzene rings is 1. The third kappa shape index (κ3) is 3.03. The Bertz CT molecular complexity index is 389. The topological polar surface area (TPSA) is 40.5 Å². The van der Waals surface area contributed by atoms with E-state index in [4.69, 9.17) is 0 Å². The molecule has 0 saturated heterocycles. The van der Waals surface area contributed by atoms with Gasteiger partial charge in [0.25, 0.3) is 0 Å². The van der Waals surface area contributed by atoms with E-state index >= 15 is 0 Å². The van der Waals surface area contributed by atoms with Crippen molar-refractivity contribution in [1.29, 1.82) is 0 Å². The highest BCUT2D eigenvalue weighted by Gasteiger charge is 2.13. The van der Waals surface area contributed by atoms with Crippen molar-refractivity contribution in [2.45, 2.75) is 19.4 Å². The summed E-state index contributed by atoms with van der Waals surface area (Å²) in [5.74, 6) is -0.515. The van der Waals surface area contributed by atoms with Gasteiger partial charge < -0.3 is 10.0 Å². The van der Waals surface area contributed by atoms with E-state index in [2.05, 4.69) is 0 Å². The molecule has 0 aromatic heterocycles. The average molecular weight is 225 g/mol. The van der Waals surface area contributed by atoms with Crippen LogP contribution < -0.4 is 0 Å². The molecular formula is C12H16FNO2. The van der Waals surface area contributed by atoms with E-state index in [1.807, 2.05) is 0 Å². The van der Waals surface area contributed by atoms with Crippen LogP contribution in [0.25, 0.3) is 0 Å². The Hall–Kier alpha value is -1.42. The number of likely N-dealkylation sites (N-methyl/N-ethyl adjacent to an activating group) is 1. The molecule has 0 bridgehead atoms. The molecule has 1 aromatic carbocycles. The van der Waals surface area contributed by atoms with Gasteiger partial charge in [0.15, 0.2) is 0 Å². The Morgan fingerprint density at radius 1 is 1.50 bits per heavy atom. The summed E-state index contributed by atoms with van der Waals surface area (Å²) in [5, 5.41) is 9.50. The molecule has 0 aliphatic carbocycles. The summed E-state index contributed by atoms with van der Waals surface area (Å²) < 4.78 is 13.1. The number of aliphatic hydroxyl groups excluding tert-OH is 1. The third-order valence-electron chi connectivity index (χ3n) is 2.40. The second-order valence-corrected chi connectivity index (χ2v) is 3.98. The number of hydrogen-bond acceptors (Lipinski definition) is 2. The van der Waals surface area contributed by atoms with Gasteiger partial charge in [-0.2, -0.15) is 0 Å². The Balaban J connectivity index is 3.01. The fourth-order valence-electron chi connectivity index (χ4n) is 1.46. The first-order valence-corrected chi connectivity index (χ1v) is 5.08. The second kappa shape index (κ2) is 5.07. The number of amides is 1. The van der Waals surface area contributed by atoms with Crippen molar-refractivity contribution in [3.63, 3.8) is 0 Å². The maximum Gasteiger partial charge on any atom is 0.226 e. The Labute approximate surface area is 94.5 Å². The van der Waals surface area contributed by atoms with Crippen LogP contribution >= 0.6 is 0 Å². The summed E-state index contributed by atoms with van der Waals surface area (Å²) in [6.07, 6.45) is -0.601. The van der Waals surface area contributed by atoms with Crippen LogP contribution in [0.4, 0.5) is 4.39 Å². The molecular weight excluding hydrogens is 209 g/mol. The lowest BCUT2D eigenvalue weighted by molar-refractivity contribution is -0.127. The van der Waals surface area contributed by atoms with E-state index in [0.29, 0.717) is 11.1 Å². The second-order valence-electron chi connectivity index (χ2n) is 3.98. The molecule has 0 aliphatic heterocycles. The van der Waals surface area contributed by atoms with Crippen molar-refractivity contribution >= 4 is 5.91 Å². The Morgan fingerprint density at radius 3 is 2.62 bits per heavy atom. The number of carbonyl (C=O) groups is 1. The first-order valence-electron chi connectivity index (χ1n) is 5.08. The van der Waals surface area contributed by atoms with Gasteiger partial charge in [0.2, 0.25) is 5.91 Å². The summed E-state index contributed by atoms with van der Waals surface area (Å²) in [5.41, 5.74) is 1.13. The van der Waals surface area contributed by atoms with Crippen LogP contribution in [0, 0.1) is 5.82 Å². The lowest BCUT2D eigenvalue weighted by Crippen LogP contribution is -2.24. The minimum absolute atomic E-state index is 0.102. The van der Waals surface area contributed by atoms with Crippen LogP contribution in [0.15, 0.2) is 18.2 Å². The minimum Gasteiger partial charge on any atom is -0.389 e. The van der Waals surface area contributed by atoms with Crippen LogP contribution in [0.3, 0.4) is 0 Å². The van der Waals surface area contributed by atoms with E-state index in [1.54, 1.807) is 21.0 Å². The molecule has 1 aromatic rings. The van der Waals surface area contributed by atoms with Crippen LogP contribution in [0.5, 0.6) is 0 Å². The number of aliphatic hydroxyl groups is 1. The van der Waals surface area contributed by atoms with Crippen molar-refractivity contribution in [2.75, 3.05) is 14.1 Å². The van der Waals surface area contributed by atoms with Gasteiger partial charge in [0.1, 0.15) is 5.82 Å². The quantitative estimate of drug-likeness (QED) is 0.847. The molecule has 1 N–H and O–H groups in total. The minimum atomic E-state index is -0.703. The van der Waals surface area contributed by atoms with E-state index in [9.17, 15) is 14.3 Å². The highest BCUT2D eigenvalue weighted by Crippen LogP contribution is 2.19. The lowest BCUT2D eigenvalue weighted by atomic mass is 10.00. The Kier molecular flexibility index (Phi) is 4.01. The van der Waals surface area contributed by atoms with Gasteiger partial charge in [0, 0.05) is 14.1 Å².